The first kappa shape index (κ1) is 16.2. The van der Waals surface area contributed by atoms with Crippen LogP contribution in [0.25, 0.3) is 0 Å². The third-order valence-electron chi connectivity index (χ3n) is 4.30. The fourth-order valence-corrected chi connectivity index (χ4v) is 4.56. The minimum atomic E-state index is -3.51. The van der Waals surface area contributed by atoms with Gasteiger partial charge in [0.05, 0.1) is 12.8 Å². The van der Waals surface area contributed by atoms with Gasteiger partial charge < -0.3 is 8.98 Å². The van der Waals surface area contributed by atoms with Gasteiger partial charge in [0.25, 0.3) is 10.2 Å². The van der Waals surface area contributed by atoms with Gasteiger partial charge in [-0.05, 0) is 31.9 Å². The van der Waals surface area contributed by atoms with Gasteiger partial charge in [0, 0.05) is 38.6 Å². The molecule has 0 aromatic carbocycles. The minimum absolute atomic E-state index is 0.0352. The maximum atomic E-state index is 12.9. The first-order valence-electron chi connectivity index (χ1n) is 7.71. The summed E-state index contributed by atoms with van der Waals surface area (Å²) < 4.78 is 36.0. The summed E-state index contributed by atoms with van der Waals surface area (Å²) >= 11 is 0. The summed E-state index contributed by atoms with van der Waals surface area (Å²) in [6, 6.07) is 3.51. The first-order valence-corrected chi connectivity index (χ1v) is 9.11. The van der Waals surface area contributed by atoms with Crippen molar-refractivity contribution in [3.8, 4) is 0 Å². The van der Waals surface area contributed by atoms with Gasteiger partial charge in [0.1, 0.15) is 11.6 Å². The van der Waals surface area contributed by atoms with Gasteiger partial charge in [-0.15, -0.1) is 0 Å². The van der Waals surface area contributed by atoms with Crippen molar-refractivity contribution in [3.63, 3.8) is 0 Å². The average molecular weight is 338 g/mol. The van der Waals surface area contributed by atoms with Crippen LogP contribution in [-0.4, -0.2) is 46.2 Å². The molecular formula is C15H22N4O3S. The number of hydrogen-bond donors (Lipinski definition) is 0. The molecule has 0 bridgehead atoms. The van der Waals surface area contributed by atoms with E-state index < -0.39 is 10.2 Å². The van der Waals surface area contributed by atoms with Crippen LogP contribution in [0.4, 0.5) is 0 Å². The monoisotopic (exact) mass is 338 g/mol. The maximum Gasteiger partial charge on any atom is 0.282 e. The zero-order valence-electron chi connectivity index (χ0n) is 13.4. The predicted molar refractivity (Wildman–Crippen MR) is 85.8 cm³/mol. The van der Waals surface area contributed by atoms with Crippen LogP contribution in [-0.2, 0) is 23.3 Å². The number of hydrogen-bond acceptors (Lipinski definition) is 4. The Bertz CT molecular complexity index is 739. The summed E-state index contributed by atoms with van der Waals surface area (Å²) in [4.78, 5) is 4.20. The molecule has 0 radical (unpaired) electrons. The molecule has 0 aliphatic carbocycles. The Hall–Kier alpha value is -1.64. The van der Waals surface area contributed by atoms with Crippen molar-refractivity contribution in [2.45, 2.75) is 38.9 Å². The van der Waals surface area contributed by atoms with Crippen LogP contribution in [0, 0.1) is 6.92 Å². The third kappa shape index (κ3) is 3.34. The minimum Gasteiger partial charge on any atom is -0.468 e. The lowest BCUT2D eigenvalue weighted by molar-refractivity contribution is 0.309. The van der Waals surface area contributed by atoms with Crippen molar-refractivity contribution in [2.75, 3.05) is 13.6 Å². The summed E-state index contributed by atoms with van der Waals surface area (Å²) in [6.45, 7) is 3.36. The highest BCUT2D eigenvalue weighted by atomic mass is 32.2. The normalized spacial score (nSPS) is 19.7. The SMILES string of the molecule is Cc1nccn1C[C@@H]1CCCN1S(=O)(=O)N(C)Cc1ccco1. The van der Waals surface area contributed by atoms with Crippen molar-refractivity contribution >= 4 is 10.2 Å². The van der Waals surface area contributed by atoms with Gasteiger partial charge in [-0.2, -0.15) is 17.0 Å². The van der Waals surface area contributed by atoms with E-state index in [-0.39, 0.29) is 12.6 Å². The smallest absolute Gasteiger partial charge is 0.282 e. The highest BCUT2D eigenvalue weighted by molar-refractivity contribution is 7.86. The van der Waals surface area contributed by atoms with Gasteiger partial charge in [0.2, 0.25) is 0 Å². The van der Waals surface area contributed by atoms with E-state index in [1.165, 1.54) is 4.31 Å². The van der Waals surface area contributed by atoms with Crippen LogP contribution >= 0.6 is 0 Å². The van der Waals surface area contributed by atoms with Gasteiger partial charge in [0.15, 0.2) is 0 Å². The highest BCUT2D eigenvalue weighted by Crippen LogP contribution is 2.25. The zero-order chi connectivity index (χ0) is 16.4. The Morgan fingerprint density at radius 2 is 2.30 bits per heavy atom. The molecule has 0 amide bonds. The van der Waals surface area contributed by atoms with Crippen LogP contribution in [0.2, 0.25) is 0 Å². The summed E-state index contributed by atoms with van der Waals surface area (Å²) in [5.74, 6) is 1.54. The van der Waals surface area contributed by atoms with Crippen LogP contribution < -0.4 is 0 Å². The average Bonchev–Trinajstić information content (AvgIpc) is 3.23. The second-order valence-electron chi connectivity index (χ2n) is 5.88. The van der Waals surface area contributed by atoms with Crippen molar-refractivity contribution < 1.29 is 12.8 Å². The maximum absolute atomic E-state index is 12.9. The second kappa shape index (κ2) is 6.46. The van der Waals surface area contributed by atoms with Gasteiger partial charge in [-0.3, -0.25) is 0 Å². The molecule has 23 heavy (non-hydrogen) atoms. The number of aromatic nitrogens is 2. The molecule has 126 valence electrons. The Kier molecular flexibility index (Phi) is 4.56. The van der Waals surface area contributed by atoms with E-state index in [9.17, 15) is 8.42 Å². The lowest BCUT2D eigenvalue weighted by Gasteiger charge is -2.28. The van der Waals surface area contributed by atoms with E-state index in [0.29, 0.717) is 18.8 Å². The van der Waals surface area contributed by atoms with Crippen LogP contribution in [0.3, 0.4) is 0 Å². The number of imidazole rings is 1. The fourth-order valence-electron chi connectivity index (χ4n) is 3.00. The predicted octanol–water partition coefficient (Wildman–Crippen LogP) is 1.63. The Balaban J connectivity index is 1.74. The number of nitrogens with zero attached hydrogens (tertiary/aromatic N) is 4. The molecule has 0 N–H and O–H groups in total. The summed E-state index contributed by atoms with van der Waals surface area (Å²) in [5.41, 5.74) is 0. The van der Waals surface area contributed by atoms with Gasteiger partial charge in [-0.25, -0.2) is 4.98 Å². The largest absolute Gasteiger partial charge is 0.468 e. The number of aryl methyl sites for hydroxylation is 1. The second-order valence-corrected chi connectivity index (χ2v) is 7.86. The Morgan fingerprint density at radius 3 is 2.96 bits per heavy atom. The molecule has 1 saturated heterocycles. The Morgan fingerprint density at radius 1 is 1.48 bits per heavy atom. The lowest BCUT2D eigenvalue weighted by Crippen LogP contribution is -2.45. The van der Waals surface area contributed by atoms with E-state index in [4.69, 9.17) is 4.42 Å². The van der Waals surface area contributed by atoms with Gasteiger partial charge >= 0.3 is 0 Å². The van der Waals surface area contributed by atoms with Crippen molar-refractivity contribution in [1.29, 1.82) is 0 Å². The first-order chi connectivity index (χ1) is 11.0. The van der Waals surface area contributed by atoms with Crippen LogP contribution in [0.15, 0.2) is 35.2 Å². The van der Waals surface area contributed by atoms with E-state index in [2.05, 4.69) is 4.98 Å². The summed E-state index contributed by atoms with van der Waals surface area (Å²) in [6.07, 6.45) is 6.94. The molecule has 1 atom stereocenters. The molecule has 2 aromatic heterocycles. The molecule has 2 aromatic rings. The van der Waals surface area contributed by atoms with Gasteiger partial charge in [-0.1, -0.05) is 0 Å². The summed E-state index contributed by atoms with van der Waals surface area (Å²) in [7, 11) is -1.91. The molecule has 7 nitrogen and oxygen atoms in total. The number of rotatable bonds is 6. The van der Waals surface area contributed by atoms with Crippen LogP contribution in [0.1, 0.15) is 24.4 Å². The molecule has 1 aliphatic heterocycles. The summed E-state index contributed by atoms with van der Waals surface area (Å²) in [5, 5.41) is 0. The zero-order valence-corrected chi connectivity index (χ0v) is 14.2. The molecule has 1 fully saturated rings. The van der Waals surface area contributed by atoms with Crippen molar-refractivity contribution in [1.82, 2.24) is 18.2 Å². The molecule has 0 unspecified atom stereocenters. The van der Waals surface area contributed by atoms with E-state index in [1.54, 1.807) is 35.9 Å². The third-order valence-corrected chi connectivity index (χ3v) is 6.29. The molecule has 0 saturated carbocycles. The molecular weight excluding hydrogens is 316 g/mol. The van der Waals surface area contributed by atoms with E-state index >= 15 is 0 Å². The Labute approximate surface area is 136 Å². The molecule has 3 heterocycles. The fraction of sp³-hybridized carbons (Fsp3) is 0.533. The lowest BCUT2D eigenvalue weighted by atomic mass is 10.2. The standard InChI is InChI=1S/C15H22N4O3S/c1-13-16-7-9-18(13)11-14-5-3-8-19(14)23(20,21)17(2)12-15-6-4-10-22-15/h4,6-7,9-10,14H,3,5,8,11-12H2,1-2H3/t14-/m0/s1. The number of furan rings is 1. The van der Waals surface area contributed by atoms with Crippen LogP contribution in [0.5, 0.6) is 0 Å². The topological polar surface area (TPSA) is 71.6 Å². The van der Waals surface area contributed by atoms with Crippen molar-refractivity contribution in [2.24, 2.45) is 0 Å². The van der Waals surface area contributed by atoms with Crippen molar-refractivity contribution in [3.05, 3.63) is 42.4 Å². The quantitative estimate of drug-likeness (QED) is 0.802. The molecule has 3 rings (SSSR count). The highest BCUT2D eigenvalue weighted by Gasteiger charge is 2.37. The molecule has 8 heteroatoms. The van der Waals surface area contributed by atoms with E-state index in [1.807, 2.05) is 17.7 Å². The molecule has 1 aliphatic rings. The molecule has 0 spiro atoms. The van der Waals surface area contributed by atoms with E-state index in [0.717, 1.165) is 18.7 Å².